The lowest BCUT2D eigenvalue weighted by atomic mass is 10.2. The average molecular weight is 423 g/mol. The molecule has 8 heteroatoms. The highest BCUT2D eigenvalue weighted by Gasteiger charge is 2.08. The fourth-order valence-corrected chi connectivity index (χ4v) is 3.48. The van der Waals surface area contributed by atoms with Crippen LogP contribution in [0.25, 0.3) is 0 Å². The molecule has 0 aliphatic heterocycles. The number of aromatic amines is 1. The normalized spacial score (nSPS) is 11.3. The molecule has 0 radical (unpaired) electrons. The Morgan fingerprint density at radius 3 is 2.83 bits per heavy atom. The van der Waals surface area contributed by atoms with E-state index in [4.69, 9.17) is 0 Å². The molecule has 3 aromatic rings. The fourth-order valence-electron chi connectivity index (χ4n) is 2.71. The first-order chi connectivity index (χ1) is 14.8. The maximum absolute atomic E-state index is 12.5. The van der Waals surface area contributed by atoms with Gasteiger partial charge in [-0.05, 0) is 36.6 Å². The summed E-state index contributed by atoms with van der Waals surface area (Å²) in [7, 11) is 0. The van der Waals surface area contributed by atoms with Crippen molar-refractivity contribution < 1.29 is 4.79 Å². The third-order valence-electron chi connectivity index (χ3n) is 4.22. The highest BCUT2D eigenvalue weighted by molar-refractivity contribution is 7.98. The summed E-state index contributed by atoms with van der Waals surface area (Å²) < 4.78 is 0. The van der Waals surface area contributed by atoms with Gasteiger partial charge in [0.15, 0.2) is 5.96 Å². The third-order valence-corrected chi connectivity index (χ3v) is 5.23. The van der Waals surface area contributed by atoms with Gasteiger partial charge in [-0.15, -0.1) is 0 Å². The van der Waals surface area contributed by atoms with Crippen LogP contribution >= 0.6 is 11.8 Å². The second kappa shape index (κ2) is 12.4. The molecule has 0 bridgehead atoms. The molecule has 1 aromatic carbocycles. The number of nitrogens with zero attached hydrogens (tertiary/aromatic N) is 3. The van der Waals surface area contributed by atoms with E-state index in [2.05, 4.69) is 36.6 Å². The van der Waals surface area contributed by atoms with E-state index in [0.29, 0.717) is 24.6 Å². The molecule has 0 unspecified atom stereocenters. The second-order valence-electron chi connectivity index (χ2n) is 6.56. The third kappa shape index (κ3) is 7.71. The molecular formula is C22H26N6OS. The van der Waals surface area contributed by atoms with E-state index < -0.39 is 0 Å². The summed E-state index contributed by atoms with van der Waals surface area (Å²) in [5.41, 5.74) is 2.82. The zero-order chi connectivity index (χ0) is 20.9. The van der Waals surface area contributed by atoms with Gasteiger partial charge in [-0.1, -0.05) is 24.3 Å². The van der Waals surface area contributed by atoms with E-state index in [1.807, 2.05) is 36.7 Å². The molecule has 30 heavy (non-hydrogen) atoms. The molecule has 0 saturated carbocycles. The summed E-state index contributed by atoms with van der Waals surface area (Å²) in [6, 6.07) is 13.2. The number of benzene rings is 1. The van der Waals surface area contributed by atoms with Crippen LogP contribution in [0.1, 0.15) is 28.0 Å². The molecule has 0 aliphatic carbocycles. The van der Waals surface area contributed by atoms with Gasteiger partial charge in [0.05, 0.1) is 18.6 Å². The second-order valence-corrected chi connectivity index (χ2v) is 7.66. The molecule has 3 rings (SSSR count). The predicted octanol–water partition coefficient (Wildman–Crippen LogP) is 3.05. The van der Waals surface area contributed by atoms with Crippen LogP contribution in [0.2, 0.25) is 0 Å². The number of hydrogen-bond acceptors (Lipinski definition) is 5. The number of aliphatic imine (C=N–C) groups is 1. The number of carbonyl (C=O) groups excluding carboxylic acids is 1. The number of aromatic nitrogens is 3. The van der Waals surface area contributed by atoms with Crippen molar-refractivity contribution in [2.24, 2.45) is 4.99 Å². The molecule has 0 atom stereocenters. The van der Waals surface area contributed by atoms with Crippen molar-refractivity contribution in [1.82, 2.24) is 25.6 Å². The molecule has 0 aliphatic rings. The van der Waals surface area contributed by atoms with Crippen LogP contribution in [0.15, 0.2) is 72.4 Å². The van der Waals surface area contributed by atoms with Crippen LogP contribution in [-0.2, 0) is 12.2 Å². The van der Waals surface area contributed by atoms with E-state index in [-0.39, 0.29) is 5.91 Å². The van der Waals surface area contributed by atoms with E-state index in [1.54, 1.807) is 36.4 Å². The minimum absolute atomic E-state index is 0.169. The first-order valence-corrected chi connectivity index (χ1v) is 11.1. The molecule has 7 nitrogen and oxygen atoms in total. The van der Waals surface area contributed by atoms with Crippen LogP contribution in [0, 0.1) is 0 Å². The summed E-state index contributed by atoms with van der Waals surface area (Å²) >= 11 is 1.79. The van der Waals surface area contributed by atoms with E-state index in [0.717, 1.165) is 30.0 Å². The van der Waals surface area contributed by atoms with E-state index >= 15 is 0 Å². The molecule has 0 fully saturated rings. The average Bonchev–Trinajstić information content (AvgIpc) is 3.31. The zero-order valence-corrected chi connectivity index (χ0v) is 17.6. The number of aryl methyl sites for hydroxylation is 1. The van der Waals surface area contributed by atoms with Gasteiger partial charge < -0.3 is 10.3 Å². The number of rotatable bonds is 10. The van der Waals surface area contributed by atoms with Crippen molar-refractivity contribution in [3.63, 3.8) is 0 Å². The Hall–Kier alpha value is -3.13. The molecule has 0 saturated heterocycles. The van der Waals surface area contributed by atoms with Gasteiger partial charge in [-0.3, -0.25) is 20.1 Å². The summed E-state index contributed by atoms with van der Waals surface area (Å²) in [5, 5.41) is 6.15. The maximum Gasteiger partial charge on any atom is 0.257 e. The monoisotopic (exact) mass is 422 g/mol. The lowest BCUT2D eigenvalue weighted by Gasteiger charge is -2.11. The highest BCUT2D eigenvalue weighted by atomic mass is 32.2. The molecule has 3 N–H and O–H groups in total. The zero-order valence-electron chi connectivity index (χ0n) is 16.8. The van der Waals surface area contributed by atoms with Crippen molar-refractivity contribution in [3.05, 3.63) is 84.2 Å². The molecule has 0 spiro atoms. The number of hydrogen-bond donors (Lipinski definition) is 3. The van der Waals surface area contributed by atoms with Crippen molar-refractivity contribution in [2.45, 2.75) is 18.6 Å². The van der Waals surface area contributed by atoms with Crippen LogP contribution in [0.5, 0.6) is 0 Å². The summed E-state index contributed by atoms with van der Waals surface area (Å²) in [5.74, 6) is 2.09. The van der Waals surface area contributed by atoms with Crippen molar-refractivity contribution in [2.75, 3.05) is 18.8 Å². The summed E-state index contributed by atoms with van der Waals surface area (Å²) in [6.45, 7) is 1.31. The lowest BCUT2D eigenvalue weighted by molar-refractivity contribution is 0.0975. The van der Waals surface area contributed by atoms with Crippen LogP contribution in [-0.4, -0.2) is 45.7 Å². The van der Waals surface area contributed by atoms with E-state index in [9.17, 15) is 4.79 Å². The summed E-state index contributed by atoms with van der Waals surface area (Å²) in [4.78, 5) is 28.4. The molecule has 156 valence electrons. The first kappa shape index (κ1) is 21.6. The number of pyridine rings is 1. The lowest BCUT2D eigenvalue weighted by Crippen LogP contribution is -2.41. The number of amides is 1. The minimum atomic E-state index is -0.169. The van der Waals surface area contributed by atoms with Crippen molar-refractivity contribution in [3.8, 4) is 0 Å². The Morgan fingerprint density at radius 1 is 1.17 bits per heavy atom. The maximum atomic E-state index is 12.5. The number of guanidine groups is 1. The SMILES string of the molecule is O=C(NC(=NCCSCc1cccnc1)NCCCc1c[nH]cn1)c1ccccc1. The number of nitrogens with one attached hydrogen (secondary N) is 3. The van der Waals surface area contributed by atoms with Crippen molar-refractivity contribution in [1.29, 1.82) is 0 Å². The fraction of sp³-hybridized carbons (Fsp3) is 0.273. The van der Waals surface area contributed by atoms with Crippen LogP contribution < -0.4 is 10.6 Å². The Labute approximate surface area is 180 Å². The van der Waals surface area contributed by atoms with Gasteiger partial charge in [0, 0.05) is 42.2 Å². The Bertz CT molecular complexity index is 900. The molecular weight excluding hydrogens is 396 g/mol. The van der Waals surface area contributed by atoms with Gasteiger partial charge >= 0.3 is 0 Å². The van der Waals surface area contributed by atoms with Gasteiger partial charge in [0.25, 0.3) is 5.91 Å². The molecule has 2 heterocycles. The van der Waals surface area contributed by atoms with Gasteiger partial charge in [-0.2, -0.15) is 11.8 Å². The van der Waals surface area contributed by atoms with Gasteiger partial charge in [0.2, 0.25) is 0 Å². The first-order valence-electron chi connectivity index (χ1n) is 9.90. The Kier molecular flexibility index (Phi) is 8.94. The smallest absolute Gasteiger partial charge is 0.257 e. The Morgan fingerprint density at radius 2 is 2.07 bits per heavy atom. The van der Waals surface area contributed by atoms with Crippen LogP contribution in [0.3, 0.4) is 0 Å². The molecule has 1 amide bonds. The van der Waals surface area contributed by atoms with Crippen molar-refractivity contribution >= 4 is 23.6 Å². The number of H-pyrrole nitrogens is 1. The standard InChI is InChI=1S/C22H26N6OS/c29-21(19-7-2-1-3-8-19)28-22(25-11-5-9-20-15-24-17-27-20)26-12-13-30-16-18-6-4-10-23-14-18/h1-4,6-8,10,14-15,17H,5,9,11-13,16H2,(H,24,27)(H2,25,26,28,29). The minimum Gasteiger partial charge on any atom is -0.356 e. The Balaban J connectivity index is 1.48. The summed E-state index contributed by atoms with van der Waals surface area (Å²) in [6.07, 6.45) is 8.98. The number of imidazole rings is 1. The quantitative estimate of drug-likeness (QED) is 0.265. The largest absolute Gasteiger partial charge is 0.356 e. The topological polar surface area (TPSA) is 95.1 Å². The van der Waals surface area contributed by atoms with Gasteiger partial charge in [-0.25, -0.2) is 4.98 Å². The highest BCUT2D eigenvalue weighted by Crippen LogP contribution is 2.10. The van der Waals surface area contributed by atoms with Crippen LogP contribution in [0.4, 0.5) is 0 Å². The predicted molar refractivity (Wildman–Crippen MR) is 122 cm³/mol. The number of carbonyl (C=O) groups is 1. The molecule has 2 aromatic heterocycles. The van der Waals surface area contributed by atoms with E-state index in [1.165, 1.54) is 5.56 Å². The number of thioether (sulfide) groups is 1. The van der Waals surface area contributed by atoms with Gasteiger partial charge in [0.1, 0.15) is 0 Å².